The zero-order valence-electron chi connectivity index (χ0n) is 19.4. The van der Waals surface area contributed by atoms with E-state index in [1.54, 1.807) is 11.9 Å². The Kier molecular flexibility index (Phi) is 6.61. The van der Waals surface area contributed by atoms with Crippen molar-refractivity contribution in [2.45, 2.75) is 90.2 Å². The van der Waals surface area contributed by atoms with Gasteiger partial charge < -0.3 is 9.47 Å². The summed E-state index contributed by atoms with van der Waals surface area (Å²) in [6, 6.07) is 0.703. The van der Waals surface area contributed by atoms with E-state index in [-0.39, 0.29) is 0 Å². The number of rotatable bonds is 6. The minimum Gasteiger partial charge on any atom is -0.474 e. The Morgan fingerprint density at radius 2 is 1.94 bits per heavy atom. The first kappa shape index (κ1) is 21.4. The average molecular weight is 426 g/mol. The highest BCUT2D eigenvalue weighted by Gasteiger charge is 2.34. The molecule has 1 aliphatic heterocycles. The molecule has 3 aliphatic carbocycles. The maximum absolute atomic E-state index is 6.59. The molecule has 0 N–H and O–H groups in total. The third kappa shape index (κ3) is 4.68. The summed E-state index contributed by atoms with van der Waals surface area (Å²) in [5.41, 5.74) is 5.62. The fourth-order valence-corrected chi connectivity index (χ4v) is 6.24. The fraction of sp³-hybridized carbons (Fsp3) is 0.769. The van der Waals surface area contributed by atoms with Crippen LogP contribution in [0.25, 0.3) is 5.57 Å². The van der Waals surface area contributed by atoms with Crippen LogP contribution in [0.5, 0.6) is 5.88 Å². The molecule has 1 saturated carbocycles. The van der Waals surface area contributed by atoms with Crippen LogP contribution in [0.3, 0.4) is 0 Å². The van der Waals surface area contributed by atoms with Crippen LogP contribution < -0.4 is 4.74 Å². The molecule has 31 heavy (non-hydrogen) atoms. The lowest BCUT2D eigenvalue weighted by atomic mass is 9.79. The lowest BCUT2D eigenvalue weighted by Crippen LogP contribution is -2.46. The zero-order chi connectivity index (χ0) is 21.2. The number of ether oxygens (including phenoxy) is 2. The van der Waals surface area contributed by atoms with Crippen molar-refractivity contribution in [2.24, 2.45) is 11.8 Å². The van der Waals surface area contributed by atoms with Crippen LogP contribution in [0.4, 0.5) is 0 Å². The van der Waals surface area contributed by atoms with E-state index in [9.17, 15) is 0 Å². The maximum atomic E-state index is 6.59. The molecule has 1 aromatic rings. The smallest absolute Gasteiger partial charge is 0.224 e. The number of morpholine rings is 1. The predicted molar refractivity (Wildman–Crippen MR) is 123 cm³/mol. The van der Waals surface area contributed by atoms with Gasteiger partial charge in [0, 0.05) is 25.6 Å². The highest BCUT2D eigenvalue weighted by molar-refractivity contribution is 5.79. The van der Waals surface area contributed by atoms with Crippen molar-refractivity contribution in [3.05, 3.63) is 23.2 Å². The Morgan fingerprint density at radius 1 is 1.13 bits per heavy atom. The van der Waals surface area contributed by atoms with E-state index in [2.05, 4.69) is 28.7 Å². The van der Waals surface area contributed by atoms with Crippen LogP contribution in [0, 0.1) is 11.8 Å². The molecule has 0 amide bonds. The molecule has 5 rings (SSSR count). The fourth-order valence-electron chi connectivity index (χ4n) is 6.24. The summed E-state index contributed by atoms with van der Waals surface area (Å²) >= 11 is 0. The summed E-state index contributed by atoms with van der Waals surface area (Å²) < 4.78 is 12.1. The molecule has 0 radical (unpaired) electrons. The molecule has 170 valence electrons. The van der Waals surface area contributed by atoms with Crippen LogP contribution >= 0.6 is 0 Å². The second-order valence-electron chi connectivity index (χ2n) is 10.3. The lowest BCUT2D eigenvalue weighted by Gasteiger charge is -2.38. The number of hydrogen-bond donors (Lipinski definition) is 0. The minimum absolute atomic E-state index is 0.292. The van der Waals surface area contributed by atoms with Gasteiger partial charge >= 0.3 is 0 Å². The maximum Gasteiger partial charge on any atom is 0.224 e. The van der Waals surface area contributed by atoms with Crippen LogP contribution in [0.1, 0.15) is 82.9 Å². The van der Waals surface area contributed by atoms with Gasteiger partial charge in [-0.25, -0.2) is 9.97 Å². The monoisotopic (exact) mass is 425 g/mol. The predicted octanol–water partition coefficient (Wildman–Crippen LogP) is 5.04. The molecule has 2 atom stereocenters. The molecule has 5 heteroatoms. The van der Waals surface area contributed by atoms with Gasteiger partial charge in [0.1, 0.15) is 12.4 Å². The van der Waals surface area contributed by atoms with Crippen LogP contribution in [-0.2, 0) is 11.2 Å². The molecular formula is C26H39N3O2. The number of nitrogens with zero attached hydrogens (tertiary/aromatic N) is 3. The first-order chi connectivity index (χ1) is 15.2. The third-order valence-corrected chi connectivity index (χ3v) is 8.26. The SMILES string of the molecule is CCC(C)C[C@@H]1CCC2=C(C1)c1c(ncnc1OC1CCC(N3CCOCC3)CC1)C2. The standard InChI is InChI=1S/C26H39N3O2/c1-3-18(2)14-19-4-5-20-16-24-25(23(20)15-19)26(28-17-27-24)31-22-8-6-21(7-9-22)29-10-12-30-13-11-29/h17-19,21-22H,3-16H2,1-2H3/t18?,19-,21?,22?/m0/s1. The summed E-state index contributed by atoms with van der Waals surface area (Å²) in [6.07, 6.45) is 14.1. The number of hydrogen-bond acceptors (Lipinski definition) is 5. The molecule has 0 spiro atoms. The minimum atomic E-state index is 0.292. The Morgan fingerprint density at radius 3 is 2.71 bits per heavy atom. The van der Waals surface area contributed by atoms with Gasteiger partial charge in [-0.15, -0.1) is 0 Å². The zero-order valence-corrected chi connectivity index (χ0v) is 19.4. The number of aromatic nitrogens is 2. The van der Waals surface area contributed by atoms with Gasteiger partial charge in [-0.05, 0) is 68.8 Å². The summed E-state index contributed by atoms with van der Waals surface area (Å²) in [5, 5.41) is 0. The van der Waals surface area contributed by atoms with Crippen molar-refractivity contribution in [2.75, 3.05) is 26.3 Å². The van der Waals surface area contributed by atoms with E-state index in [0.29, 0.717) is 12.1 Å². The lowest BCUT2D eigenvalue weighted by molar-refractivity contribution is -0.00143. The van der Waals surface area contributed by atoms with Crippen molar-refractivity contribution >= 4 is 5.57 Å². The van der Waals surface area contributed by atoms with Gasteiger partial charge in [-0.3, -0.25) is 4.90 Å². The Balaban J connectivity index is 1.24. The molecule has 0 aromatic carbocycles. The van der Waals surface area contributed by atoms with Gasteiger partial charge in [0.15, 0.2) is 0 Å². The molecule has 0 bridgehead atoms. The average Bonchev–Trinajstić information content (AvgIpc) is 3.19. The van der Waals surface area contributed by atoms with Crippen LogP contribution in [0.2, 0.25) is 0 Å². The van der Waals surface area contributed by atoms with Gasteiger partial charge in [-0.1, -0.05) is 25.8 Å². The highest BCUT2D eigenvalue weighted by Crippen LogP contribution is 2.47. The summed E-state index contributed by atoms with van der Waals surface area (Å²) in [5.74, 6) is 2.49. The second kappa shape index (κ2) is 9.58. The second-order valence-corrected chi connectivity index (χ2v) is 10.3. The van der Waals surface area contributed by atoms with E-state index in [1.807, 2.05) is 0 Å². The molecule has 2 heterocycles. The summed E-state index contributed by atoms with van der Waals surface area (Å²) in [4.78, 5) is 11.9. The molecule has 5 nitrogen and oxygen atoms in total. The highest BCUT2D eigenvalue weighted by atomic mass is 16.5. The van der Waals surface area contributed by atoms with E-state index in [0.717, 1.165) is 63.3 Å². The van der Waals surface area contributed by atoms with Crippen molar-refractivity contribution in [3.8, 4) is 5.88 Å². The summed E-state index contributed by atoms with van der Waals surface area (Å²) in [6.45, 7) is 8.67. The van der Waals surface area contributed by atoms with Gasteiger partial charge in [0.2, 0.25) is 5.88 Å². The van der Waals surface area contributed by atoms with Crippen LogP contribution in [0.15, 0.2) is 11.9 Å². The topological polar surface area (TPSA) is 47.5 Å². The van der Waals surface area contributed by atoms with Crippen molar-refractivity contribution in [1.29, 1.82) is 0 Å². The Labute approximate surface area is 187 Å². The van der Waals surface area contributed by atoms with Gasteiger partial charge in [-0.2, -0.15) is 0 Å². The molecular weight excluding hydrogens is 386 g/mol. The largest absolute Gasteiger partial charge is 0.474 e. The molecule has 4 aliphatic rings. The van der Waals surface area contributed by atoms with E-state index in [1.165, 1.54) is 61.8 Å². The molecule has 1 unspecified atom stereocenters. The first-order valence-electron chi connectivity index (χ1n) is 12.7. The Hall–Kier alpha value is -1.46. The van der Waals surface area contributed by atoms with Gasteiger partial charge in [0.25, 0.3) is 0 Å². The van der Waals surface area contributed by atoms with Gasteiger partial charge in [0.05, 0.1) is 24.5 Å². The normalized spacial score (nSPS) is 30.1. The van der Waals surface area contributed by atoms with Crippen molar-refractivity contribution < 1.29 is 9.47 Å². The quantitative estimate of drug-likeness (QED) is 0.639. The first-order valence-corrected chi connectivity index (χ1v) is 12.7. The Bertz CT molecular complexity index is 794. The van der Waals surface area contributed by atoms with E-state index >= 15 is 0 Å². The van der Waals surface area contributed by atoms with Crippen LogP contribution in [-0.4, -0.2) is 53.3 Å². The van der Waals surface area contributed by atoms with E-state index in [4.69, 9.17) is 9.47 Å². The van der Waals surface area contributed by atoms with Crippen molar-refractivity contribution in [3.63, 3.8) is 0 Å². The molecule has 2 fully saturated rings. The van der Waals surface area contributed by atoms with Crippen molar-refractivity contribution in [1.82, 2.24) is 14.9 Å². The summed E-state index contributed by atoms with van der Waals surface area (Å²) in [7, 11) is 0. The number of allylic oxidation sites excluding steroid dienone is 2. The number of fused-ring (bicyclic) bond motifs is 2. The molecule has 1 aromatic heterocycles. The third-order valence-electron chi connectivity index (χ3n) is 8.26. The molecule has 1 saturated heterocycles. The van der Waals surface area contributed by atoms with E-state index < -0.39 is 0 Å².